The van der Waals surface area contributed by atoms with Crippen LogP contribution in [-0.2, 0) is 7.05 Å². The average molecular weight is 466 g/mol. The summed E-state index contributed by atoms with van der Waals surface area (Å²) in [6, 6.07) is 21.4. The molecule has 3 aromatic carbocycles. The summed E-state index contributed by atoms with van der Waals surface area (Å²) in [5.41, 5.74) is 9.52. The Balaban J connectivity index is 1.92. The number of benzene rings is 3. The maximum absolute atomic E-state index is 7.77. The van der Waals surface area contributed by atoms with Crippen LogP contribution < -0.4 is 4.57 Å². The predicted molar refractivity (Wildman–Crippen MR) is 131 cm³/mol. The molecule has 0 atom stereocenters. The zero-order chi connectivity index (χ0) is 21.7. The van der Waals surface area contributed by atoms with Crippen LogP contribution in [0.5, 0.6) is 0 Å². The van der Waals surface area contributed by atoms with Crippen molar-refractivity contribution >= 4 is 39.5 Å². The molecule has 5 rings (SSSR count). The van der Waals surface area contributed by atoms with Gasteiger partial charge in [0.25, 0.3) is 0 Å². The monoisotopic (exact) mass is 467 g/mol. The predicted octanol–water partition coefficient (Wildman–Crippen LogP) is 6.68. The summed E-state index contributed by atoms with van der Waals surface area (Å²) < 4.78 is 5.02. The Bertz CT molecular complexity index is 1520. The van der Waals surface area contributed by atoms with Crippen LogP contribution in [0.1, 0.15) is 16.7 Å². The van der Waals surface area contributed by atoms with Crippen molar-refractivity contribution in [3.8, 4) is 22.4 Å². The Morgan fingerprint density at radius 3 is 2.16 bits per heavy atom. The molecule has 0 aliphatic heterocycles. The quantitative estimate of drug-likeness (QED) is 0.156. The van der Waals surface area contributed by atoms with Crippen molar-refractivity contribution in [3.63, 3.8) is 0 Å². The molecule has 0 spiro atoms. The van der Waals surface area contributed by atoms with Crippen LogP contribution in [0.4, 0.5) is 5.69 Å². The van der Waals surface area contributed by atoms with Gasteiger partial charge < -0.3 is 0 Å². The third kappa shape index (κ3) is 3.12. The van der Waals surface area contributed by atoms with Crippen molar-refractivity contribution in [2.24, 2.45) is 7.05 Å². The maximum atomic E-state index is 7.77. The molecule has 0 N–H and O–H groups in total. The molecule has 31 heavy (non-hydrogen) atoms. The van der Waals surface area contributed by atoms with Gasteiger partial charge in [-0.15, -0.1) is 0 Å². The zero-order valence-electron chi connectivity index (χ0n) is 18.2. The molecule has 2 nitrogen and oxygen atoms in total. The number of fused-ring (bicyclic) bond motifs is 3. The van der Waals surface area contributed by atoms with E-state index in [0.717, 1.165) is 16.8 Å². The van der Waals surface area contributed by atoms with E-state index in [9.17, 15) is 0 Å². The zero-order valence-corrected chi connectivity index (χ0v) is 19.9. The molecule has 0 aliphatic carbocycles. The van der Waals surface area contributed by atoms with Crippen molar-refractivity contribution in [1.82, 2.24) is 0 Å². The van der Waals surface area contributed by atoms with Crippen LogP contribution in [0.15, 0.2) is 66.9 Å². The fourth-order valence-electron chi connectivity index (χ4n) is 4.42. The summed E-state index contributed by atoms with van der Waals surface area (Å²) in [5, 5.41) is 2.61. The van der Waals surface area contributed by atoms with E-state index >= 15 is 0 Å². The van der Waals surface area contributed by atoms with E-state index in [1.165, 1.54) is 47.2 Å². The minimum atomic E-state index is 0.129. The number of hydrogen-bond donors (Lipinski definition) is 0. The summed E-state index contributed by atoms with van der Waals surface area (Å²) in [6.45, 7) is 14.3. The fourth-order valence-corrected chi connectivity index (χ4v) is 7.51. The van der Waals surface area contributed by atoms with E-state index in [1.54, 1.807) is 0 Å². The van der Waals surface area contributed by atoms with E-state index < -0.39 is 0 Å². The average Bonchev–Trinajstić information content (AvgIpc) is 3.15. The van der Waals surface area contributed by atoms with E-state index in [4.69, 9.17) is 6.57 Å². The normalized spacial score (nSPS) is 11.2. The van der Waals surface area contributed by atoms with Crippen LogP contribution in [0.3, 0.4) is 0 Å². The van der Waals surface area contributed by atoms with Crippen molar-refractivity contribution in [2.75, 3.05) is 0 Å². The van der Waals surface area contributed by atoms with E-state index in [0.29, 0.717) is 0 Å². The van der Waals surface area contributed by atoms with Crippen LogP contribution in [-0.4, -0.2) is 14.5 Å². The molecular formula is C28H23N2Se+. The Labute approximate surface area is 189 Å². The summed E-state index contributed by atoms with van der Waals surface area (Å²) in [7, 11) is 2.14. The van der Waals surface area contributed by atoms with Gasteiger partial charge >= 0.3 is 189 Å². The molecule has 150 valence electrons. The third-order valence-electron chi connectivity index (χ3n) is 6.18. The standard InChI is InChI=1S/C28H23N2Se/c1-17-11-12-21-22-13-14-23(29-4)26(20-9-7-6-8-10-20)28(22)31-27(21)25(17)24-15-18(2)19(3)16-30(24)5/h6-16H,1-3,5H3/q+1. The minimum absolute atomic E-state index is 0.129. The molecule has 0 saturated carbocycles. The number of rotatable bonds is 2. The van der Waals surface area contributed by atoms with Gasteiger partial charge in [0.15, 0.2) is 0 Å². The van der Waals surface area contributed by atoms with Crippen molar-refractivity contribution < 1.29 is 4.57 Å². The van der Waals surface area contributed by atoms with Gasteiger partial charge in [-0.1, -0.05) is 0 Å². The van der Waals surface area contributed by atoms with Crippen LogP contribution in [0.2, 0.25) is 0 Å². The molecule has 2 heterocycles. The van der Waals surface area contributed by atoms with Crippen molar-refractivity contribution in [3.05, 3.63) is 95.0 Å². The first kappa shape index (κ1) is 19.8. The first-order chi connectivity index (χ1) is 15.0. The van der Waals surface area contributed by atoms with E-state index in [2.05, 4.69) is 92.0 Å². The fraction of sp³-hybridized carbons (Fsp3) is 0.143. The van der Waals surface area contributed by atoms with Crippen LogP contribution in [0, 0.1) is 27.3 Å². The molecule has 0 unspecified atom stereocenters. The second kappa shape index (κ2) is 7.50. The second-order valence-electron chi connectivity index (χ2n) is 8.19. The molecule has 2 aromatic heterocycles. The van der Waals surface area contributed by atoms with Gasteiger partial charge in [0.2, 0.25) is 0 Å². The van der Waals surface area contributed by atoms with Crippen LogP contribution >= 0.6 is 0 Å². The molecule has 0 saturated heterocycles. The first-order valence-electron chi connectivity index (χ1n) is 10.4. The van der Waals surface area contributed by atoms with Crippen molar-refractivity contribution in [1.29, 1.82) is 0 Å². The molecule has 0 bridgehead atoms. The number of nitrogens with zero attached hydrogens (tertiary/aromatic N) is 2. The number of aryl methyl sites for hydroxylation is 4. The first-order valence-corrected chi connectivity index (χ1v) is 12.1. The molecule has 0 fully saturated rings. The third-order valence-corrected chi connectivity index (χ3v) is 8.81. The van der Waals surface area contributed by atoms with Gasteiger partial charge in [0, 0.05) is 0 Å². The van der Waals surface area contributed by atoms with Gasteiger partial charge in [-0.2, -0.15) is 0 Å². The number of aromatic nitrogens is 1. The Hall–Kier alpha value is -3.18. The van der Waals surface area contributed by atoms with E-state index in [-0.39, 0.29) is 14.5 Å². The van der Waals surface area contributed by atoms with Crippen LogP contribution in [0.25, 0.3) is 46.5 Å². The topological polar surface area (TPSA) is 8.24 Å². The van der Waals surface area contributed by atoms with Gasteiger partial charge in [-0.05, 0) is 0 Å². The van der Waals surface area contributed by atoms with Gasteiger partial charge in [-0.25, -0.2) is 0 Å². The summed E-state index contributed by atoms with van der Waals surface area (Å²) in [4.78, 5) is 3.88. The van der Waals surface area contributed by atoms with Gasteiger partial charge in [0.05, 0.1) is 0 Å². The molecular weight excluding hydrogens is 443 g/mol. The Morgan fingerprint density at radius 1 is 0.774 bits per heavy atom. The summed E-state index contributed by atoms with van der Waals surface area (Å²) in [6.07, 6.45) is 2.23. The SMILES string of the molecule is [C-]#[N+]c1ccc2c([se]c3c(-c4cc(C)c(C)c[n+]4C)c(C)ccc32)c1-c1ccccc1. The van der Waals surface area contributed by atoms with Crippen molar-refractivity contribution in [2.45, 2.75) is 20.8 Å². The second-order valence-corrected chi connectivity index (χ2v) is 10.3. The van der Waals surface area contributed by atoms with Gasteiger partial charge in [-0.3, -0.25) is 0 Å². The number of hydrogen-bond acceptors (Lipinski definition) is 0. The molecule has 0 amide bonds. The summed E-state index contributed by atoms with van der Waals surface area (Å²) >= 11 is 0.129. The van der Waals surface area contributed by atoms with Gasteiger partial charge in [0.1, 0.15) is 0 Å². The molecule has 0 radical (unpaired) electrons. The Morgan fingerprint density at radius 2 is 1.45 bits per heavy atom. The number of pyridine rings is 1. The molecule has 5 aromatic rings. The molecule has 0 aliphatic rings. The van der Waals surface area contributed by atoms with E-state index in [1.807, 2.05) is 12.1 Å². The summed E-state index contributed by atoms with van der Waals surface area (Å²) in [5.74, 6) is 0. The molecule has 3 heteroatoms. The Kier molecular flexibility index (Phi) is 4.78.